The quantitative estimate of drug-likeness (QED) is 0.127. The Balaban J connectivity index is 0.985. The van der Waals surface area contributed by atoms with Crippen LogP contribution in [0.5, 0.6) is 11.5 Å². The van der Waals surface area contributed by atoms with E-state index in [2.05, 4.69) is 15.5 Å². The zero-order valence-corrected chi connectivity index (χ0v) is 25.8. The van der Waals surface area contributed by atoms with Gasteiger partial charge in [-0.05, 0) is 121 Å². The number of rotatable bonds is 6. The predicted molar refractivity (Wildman–Crippen MR) is 169 cm³/mol. The molecule has 0 aromatic heterocycles. The third kappa shape index (κ3) is 5.57. The van der Waals surface area contributed by atoms with Gasteiger partial charge in [0, 0.05) is 0 Å². The number of carbonyl (C=O) groups is 6. The van der Waals surface area contributed by atoms with E-state index < -0.39 is 35.8 Å². The van der Waals surface area contributed by atoms with Gasteiger partial charge < -0.3 is 18.9 Å². The zero-order chi connectivity index (χ0) is 33.7. The number of fused-ring (bicyclic) bond motifs is 2. The first kappa shape index (κ1) is 30.5. The Morgan fingerprint density at radius 3 is 1.65 bits per heavy atom. The first-order valence-electron chi connectivity index (χ1n) is 15.2. The summed E-state index contributed by atoms with van der Waals surface area (Å²) in [6.07, 6.45) is 4.78. The fourth-order valence-electron chi connectivity index (χ4n) is 6.15. The van der Waals surface area contributed by atoms with E-state index in [0.717, 1.165) is 41.5 Å². The summed E-state index contributed by atoms with van der Waals surface area (Å²) in [5, 5.41) is 0. The SMILES string of the molecule is Cc1cc(C2=CCC(c3ccc(OC(=O)c4ccc5c(c4)C(=O)OC5=O)c(C)c3)CC2)ccc1OC(=O)c1ccc2c(c1)C(=O)OC2=O. The van der Waals surface area contributed by atoms with Gasteiger partial charge in [-0.15, -0.1) is 0 Å². The molecule has 0 N–H and O–H groups in total. The van der Waals surface area contributed by atoms with Crippen LogP contribution < -0.4 is 9.47 Å². The molecule has 7 rings (SSSR count). The van der Waals surface area contributed by atoms with Crippen molar-refractivity contribution in [2.75, 3.05) is 0 Å². The largest absolute Gasteiger partial charge is 0.423 e. The van der Waals surface area contributed by atoms with Gasteiger partial charge in [-0.1, -0.05) is 24.3 Å². The Bertz CT molecular complexity index is 2150. The first-order chi connectivity index (χ1) is 23.0. The van der Waals surface area contributed by atoms with Gasteiger partial charge in [0.15, 0.2) is 0 Å². The van der Waals surface area contributed by atoms with Crippen molar-refractivity contribution in [2.24, 2.45) is 0 Å². The van der Waals surface area contributed by atoms with E-state index in [1.165, 1.54) is 42.0 Å². The molecule has 238 valence electrons. The molecule has 0 radical (unpaired) electrons. The van der Waals surface area contributed by atoms with Crippen LogP contribution in [-0.4, -0.2) is 35.8 Å². The van der Waals surface area contributed by atoms with E-state index in [-0.39, 0.29) is 39.3 Å². The number of benzene rings is 4. The molecule has 1 unspecified atom stereocenters. The molecule has 2 aliphatic heterocycles. The van der Waals surface area contributed by atoms with Gasteiger partial charge in [0.2, 0.25) is 0 Å². The van der Waals surface area contributed by atoms with Crippen LogP contribution in [0.1, 0.15) is 110 Å². The Kier molecular flexibility index (Phi) is 7.55. The second-order valence-corrected chi connectivity index (χ2v) is 11.9. The van der Waals surface area contributed by atoms with Crippen molar-refractivity contribution < 1.29 is 47.7 Å². The molecule has 0 fully saturated rings. The number of aryl methyl sites for hydroxylation is 2. The summed E-state index contributed by atoms with van der Waals surface area (Å²) in [7, 11) is 0. The molecule has 10 heteroatoms. The summed E-state index contributed by atoms with van der Waals surface area (Å²) in [6.45, 7) is 3.72. The van der Waals surface area contributed by atoms with Crippen molar-refractivity contribution in [3.63, 3.8) is 0 Å². The van der Waals surface area contributed by atoms with E-state index >= 15 is 0 Å². The lowest BCUT2D eigenvalue weighted by molar-refractivity contribution is 0.0425. The van der Waals surface area contributed by atoms with Crippen LogP contribution >= 0.6 is 0 Å². The molecule has 4 aromatic rings. The van der Waals surface area contributed by atoms with Crippen LogP contribution in [0, 0.1) is 13.8 Å². The predicted octanol–water partition coefficient (Wildman–Crippen LogP) is 6.71. The van der Waals surface area contributed by atoms with Crippen LogP contribution in [0.2, 0.25) is 0 Å². The highest BCUT2D eigenvalue weighted by atomic mass is 16.6. The van der Waals surface area contributed by atoms with Gasteiger partial charge in [0.1, 0.15) is 11.5 Å². The Hall–Kier alpha value is -6.16. The third-order valence-electron chi connectivity index (χ3n) is 8.79. The molecule has 0 amide bonds. The summed E-state index contributed by atoms with van der Waals surface area (Å²) >= 11 is 0. The van der Waals surface area contributed by atoms with E-state index in [1.54, 1.807) is 12.1 Å². The van der Waals surface area contributed by atoms with Crippen molar-refractivity contribution >= 4 is 41.4 Å². The molecule has 0 saturated carbocycles. The van der Waals surface area contributed by atoms with Gasteiger partial charge in [-0.3, -0.25) is 0 Å². The molecule has 48 heavy (non-hydrogen) atoms. The minimum absolute atomic E-state index is 0.0421. The van der Waals surface area contributed by atoms with Gasteiger partial charge in [-0.25, -0.2) is 28.8 Å². The summed E-state index contributed by atoms with van der Waals surface area (Å²) < 4.78 is 20.4. The molecule has 1 atom stereocenters. The lowest BCUT2D eigenvalue weighted by Crippen LogP contribution is -2.11. The number of ether oxygens (including phenoxy) is 4. The topological polar surface area (TPSA) is 139 Å². The first-order valence-corrected chi connectivity index (χ1v) is 15.2. The van der Waals surface area contributed by atoms with Gasteiger partial charge in [0.05, 0.1) is 33.4 Å². The van der Waals surface area contributed by atoms with Crippen LogP contribution in [-0.2, 0) is 9.47 Å². The number of cyclic esters (lactones) is 4. The minimum atomic E-state index is -0.787. The average Bonchev–Trinajstić information content (AvgIpc) is 3.54. The standard InChI is InChI=1S/C38H26O10/c1-19-15-23(9-13-31(19)45-33(39)25-7-11-27-29(17-25)37(43)47-35(27)41)21-3-5-22(6-4-21)24-10-14-32(20(2)16-24)46-34(40)26-8-12-28-30(18-26)38(44)48-36(28)42/h3,7-18,22H,4-6H2,1-2H3. The summed E-state index contributed by atoms with van der Waals surface area (Å²) in [5.41, 5.74) is 5.53. The Morgan fingerprint density at radius 1 is 0.625 bits per heavy atom. The fourth-order valence-corrected chi connectivity index (χ4v) is 6.15. The van der Waals surface area contributed by atoms with Crippen molar-refractivity contribution in [3.05, 3.63) is 135 Å². The molecule has 0 spiro atoms. The Morgan fingerprint density at radius 2 is 1.15 bits per heavy atom. The Labute approximate surface area is 273 Å². The molecule has 4 aromatic carbocycles. The molecule has 3 aliphatic rings. The number of hydrogen-bond donors (Lipinski definition) is 0. The van der Waals surface area contributed by atoms with Crippen molar-refractivity contribution in [1.29, 1.82) is 0 Å². The summed E-state index contributed by atoms with van der Waals surface area (Å²) in [6, 6.07) is 19.6. The molecule has 0 bridgehead atoms. The number of carbonyl (C=O) groups excluding carboxylic acids is 6. The van der Waals surface area contributed by atoms with Gasteiger partial charge >= 0.3 is 35.8 Å². The zero-order valence-electron chi connectivity index (χ0n) is 25.8. The average molecular weight is 643 g/mol. The van der Waals surface area contributed by atoms with Crippen molar-refractivity contribution in [3.8, 4) is 11.5 Å². The summed E-state index contributed by atoms with van der Waals surface area (Å²) in [5.74, 6) is -3.26. The highest BCUT2D eigenvalue weighted by molar-refractivity contribution is 6.16. The molecule has 10 nitrogen and oxygen atoms in total. The number of allylic oxidation sites excluding steroid dienone is 2. The van der Waals surface area contributed by atoms with Crippen LogP contribution in [0.4, 0.5) is 0 Å². The maximum Gasteiger partial charge on any atom is 0.346 e. The number of esters is 6. The van der Waals surface area contributed by atoms with Crippen LogP contribution in [0.25, 0.3) is 5.57 Å². The van der Waals surface area contributed by atoms with Gasteiger partial charge in [-0.2, -0.15) is 0 Å². The molecule has 0 saturated heterocycles. The third-order valence-corrected chi connectivity index (χ3v) is 8.79. The monoisotopic (exact) mass is 642 g/mol. The second-order valence-electron chi connectivity index (χ2n) is 11.9. The lowest BCUT2D eigenvalue weighted by Gasteiger charge is -2.23. The van der Waals surface area contributed by atoms with E-state index in [0.29, 0.717) is 11.5 Å². The smallest absolute Gasteiger partial charge is 0.346 e. The minimum Gasteiger partial charge on any atom is -0.423 e. The molecular weight excluding hydrogens is 616 g/mol. The molecular formula is C38H26O10. The maximum absolute atomic E-state index is 12.8. The normalized spacial score (nSPS) is 16.5. The molecule has 1 aliphatic carbocycles. The highest BCUT2D eigenvalue weighted by Crippen LogP contribution is 2.38. The van der Waals surface area contributed by atoms with Crippen molar-refractivity contribution in [1.82, 2.24) is 0 Å². The summed E-state index contributed by atoms with van der Waals surface area (Å²) in [4.78, 5) is 72.7. The maximum atomic E-state index is 12.8. The fraction of sp³-hybridized carbons (Fsp3) is 0.158. The number of hydrogen-bond acceptors (Lipinski definition) is 10. The van der Waals surface area contributed by atoms with Crippen molar-refractivity contribution in [2.45, 2.75) is 39.0 Å². The van der Waals surface area contributed by atoms with E-state index in [9.17, 15) is 28.8 Å². The van der Waals surface area contributed by atoms with Crippen LogP contribution in [0.15, 0.2) is 78.9 Å². The lowest BCUT2D eigenvalue weighted by atomic mass is 9.82. The molecule has 2 heterocycles. The van der Waals surface area contributed by atoms with E-state index in [4.69, 9.17) is 9.47 Å². The van der Waals surface area contributed by atoms with Gasteiger partial charge in [0.25, 0.3) is 0 Å². The second kappa shape index (κ2) is 11.9. The van der Waals surface area contributed by atoms with Crippen LogP contribution in [0.3, 0.4) is 0 Å². The highest BCUT2D eigenvalue weighted by Gasteiger charge is 2.32. The van der Waals surface area contributed by atoms with E-state index in [1.807, 2.05) is 38.1 Å².